The topological polar surface area (TPSA) is 118 Å². The number of ketones is 2. The molecule has 6 rings (SSSR count). The number of methoxy groups -OCH3 is 1. The molecule has 4 bridgehead atoms. The number of aromatic hydroxyl groups is 1. The van der Waals surface area contributed by atoms with Gasteiger partial charge in [-0.3, -0.25) is 9.59 Å². The Balaban J connectivity index is 1.49. The van der Waals surface area contributed by atoms with E-state index in [1.165, 1.54) is 20.0 Å². The first-order valence-corrected chi connectivity index (χ1v) is 18.6. The molecule has 2 aliphatic heterocycles. The van der Waals surface area contributed by atoms with Crippen LogP contribution in [-0.4, -0.2) is 51.6 Å². The molecule has 2 aliphatic carbocycles. The molecule has 0 saturated heterocycles. The van der Waals surface area contributed by atoms with E-state index in [1.54, 1.807) is 12.1 Å². The summed E-state index contributed by atoms with van der Waals surface area (Å²) in [5, 5.41) is 14.3. The van der Waals surface area contributed by atoms with E-state index in [0.29, 0.717) is 42.3 Å². The second-order valence-electron chi connectivity index (χ2n) is 12.8. The van der Waals surface area contributed by atoms with Gasteiger partial charge in [0.15, 0.2) is 17.3 Å². The van der Waals surface area contributed by atoms with E-state index in [2.05, 4.69) is 29.4 Å². The quantitative estimate of drug-likeness (QED) is 0.234. The maximum absolute atomic E-state index is 13.5. The lowest BCUT2D eigenvalue weighted by Gasteiger charge is -2.45. The van der Waals surface area contributed by atoms with Gasteiger partial charge < -0.3 is 25.8 Å². The highest BCUT2D eigenvalue weighted by Gasteiger charge is 2.48. The predicted octanol–water partition coefficient (Wildman–Crippen LogP) is 7.10. The summed E-state index contributed by atoms with van der Waals surface area (Å²) in [6.45, 7) is 2.96. The molecule has 4 N–H and O–H groups in total. The number of phenolic OH excluding ortho intramolecular Hbond substituents is 1. The number of nitrogens with zero attached hydrogens (tertiary/aromatic N) is 2. The van der Waals surface area contributed by atoms with Crippen molar-refractivity contribution in [3.63, 3.8) is 0 Å². The van der Waals surface area contributed by atoms with E-state index < -0.39 is 0 Å². The van der Waals surface area contributed by atoms with E-state index in [-0.39, 0.29) is 40.4 Å². The molecule has 10 heteroatoms. The number of hydrogen-bond donors (Lipinski definition) is 3. The summed E-state index contributed by atoms with van der Waals surface area (Å²) in [6, 6.07) is 5.80. The van der Waals surface area contributed by atoms with Gasteiger partial charge in [-0.05, 0) is 84.6 Å². The van der Waals surface area contributed by atoms with Crippen molar-refractivity contribution in [1.29, 1.82) is 0 Å². The van der Waals surface area contributed by atoms with Crippen LogP contribution in [0.4, 0.5) is 5.82 Å². The number of fused-ring (bicyclic) bond motifs is 8. The molecule has 0 spiro atoms. The van der Waals surface area contributed by atoms with Crippen molar-refractivity contribution in [3.8, 4) is 11.5 Å². The molecule has 3 unspecified atom stereocenters. The lowest BCUT2D eigenvalue weighted by Crippen LogP contribution is -2.48. The van der Waals surface area contributed by atoms with Gasteiger partial charge in [-0.25, -0.2) is 4.98 Å². The normalized spacial score (nSPS) is 25.3. The number of benzene rings is 1. The summed E-state index contributed by atoms with van der Waals surface area (Å²) in [6.07, 6.45) is 15.7. The van der Waals surface area contributed by atoms with Crippen LogP contribution in [0.2, 0.25) is 0 Å². The lowest BCUT2D eigenvalue weighted by atomic mass is 9.83. The molecule has 3 atom stereocenters. The number of hydrogen-bond acceptors (Lipinski definition) is 10. The fourth-order valence-corrected chi connectivity index (χ4v) is 11.2. The molecule has 1 saturated carbocycles. The van der Waals surface area contributed by atoms with Crippen LogP contribution in [0, 0.1) is 5.92 Å². The Bertz CT molecular complexity index is 1500. The maximum Gasteiger partial charge on any atom is 0.166 e. The first-order valence-electron chi connectivity index (χ1n) is 16.2. The van der Waals surface area contributed by atoms with Crippen LogP contribution in [0.3, 0.4) is 0 Å². The Morgan fingerprint density at radius 3 is 2.71 bits per heavy atom. The number of rotatable bonds is 4. The summed E-state index contributed by atoms with van der Waals surface area (Å²) in [4.78, 5) is 33.9. The Labute approximate surface area is 274 Å². The number of nitrogens with one attached hydrogen (secondary N) is 1. The molecule has 4 aliphatic rings. The van der Waals surface area contributed by atoms with Gasteiger partial charge in [0.2, 0.25) is 0 Å². The Kier molecular flexibility index (Phi) is 9.71. The summed E-state index contributed by atoms with van der Waals surface area (Å²) >= 11 is 0. The molecule has 8 nitrogen and oxygen atoms in total. The number of pyridine rings is 1. The van der Waals surface area contributed by atoms with Gasteiger partial charge in [-0.1, -0.05) is 47.8 Å². The Hall–Kier alpha value is -3.11. The third-order valence-corrected chi connectivity index (χ3v) is 13.2. The van der Waals surface area contributed by atoms with Gasteiger partial charge in [0.1, 0.15) is 11.6 Å². The van der Waals surface area contributed by atoms with Crippen molar-refractivity contribution in [2.75, 3.05) is 25.3 Å². The highest BCUT2D eigenvalue weighted by Crippen LogP contribution is 2.56. The van der Waals surface area contributed by atoms with Crippen molar-refractivity contribution in [2.24, 2.45) is 5.92 Å². The summed E-state index contributed by atoms with van der Waals surface area (Å²) in [5.41, 5.74) is 11.1. The minimum atomic E-state index is -0.132. The molecule has 0 amide bonds. The summed E-state index contributed by atoms with van der Waals surface area (Å²) < 4.78 is 5.45. The second-order valence-corrected chi connectivity index (χ2v) is 15.3. The predicted molar refractivity (Wildman–Crippen MR) is 183 cm³/mol. The summed E-state index contributed by atoms with van der Waals surface area (Å²) in [5.74, 6) is 2.02. The zero-order valence-electron chi connectivity index (χ0n) is 26.2. The maximum atomic E-state index is 13.5. The monoisotopic (exact) mass is 648 g/mol. The van der Waals surface area contributed by atoms with E-state index in [9.17, 15) is 14.7 Å². The van der Waals surface area contributed by atoms with Gasteiger partial charge in [0.25, 0.3) is 0 Å². The number of phenols is 1. The fourth-order valence-electron chi connectivity index (χ4n) is 7.51. The van der Waals surface area contributed by atoms with E-state index >= 15 is 0 Å². The number of anilines is 1. The number of ether oxygens (including phenoxy) is 1. The highest BCUT2D eigenvalue weighted by molar-refractivity contribution is 8.76. The van der Waals surface area contributed by atoms with Crippen LogP contribution in [0.5, 0.6) is 11.5 Å². The highest BCUT2D eigenvalue weighted by atomic mass is 33.1. The molecule has 1 fully saturated rings. The lowest BCUT2D eigenvalue weighted by molar-refractivity contribution is -0.125. The number of nitrogen functional groups attached to an aromatic ring is 1. The average Bonchev–Trinajstić information content (AvgIpc) is 3.72. The minimum absolute atomic E-state index is 0.00496. The molecule has 2 aromatic rings. The van der Waals surface area contributed by atoms with Crippen LogP contribution in [-0.2, 0) is 9.59 Å². The zero-order chi connectivity index (χ0) is 31.6. The van der Waals surface area contributed by atoms with Crippen LogP contribution < -0.4 is 15.8 Å². The van der Waals surface area contributed by atoms with E-state index in [4.69, 9.17) is 15.5 Å². The zero-order valence-corrected chi connectivity index (χ0v) is 27.9. The number of Topliss-reactive ketones (excluding diaryl/α,β-unsaturated/α-hetero) is 2. The van der Waals surface area contributed by atoms with Gasteiger partial charge in [0.05, 0.1) is 31.0 Å². The van der Waals surface area contributed by atoms with Crippen molar-refractivity contribution in [3.05, 3.63) is 64.6 Å². The number of aromatic nitrogens is 1. The number of allylic oxidation sites excluding steroid dienone is 1. The minimum Gasteiger partial charge on any atom is -0.504 e. The van der Waals surface area contributed by atoms with Crippen molar-refractivity contribution < 1.29 is 19.4 Å². The molecule has 0 radical (unpaired) electrons. The van der Waals surface area contributed by atoms with Gasteiger partial charge >= 0.3 is 0 Å². The standard InChI is InChI=1S/C35H44N4O4S2/c1-3-22-6-8-26(40)17-30(41)23-7-9-27(28-18-31(42)32(43-2)16-24(28)14-23)25-15-29(34(36)38-19-25)33(45-44-20-22)35(10-4-5-11-35)39-13-12-37-21-39/h12-16,18-19,22,27,33,37,42H,3-11,17,20-21H2,1-2H3,(H2,36,38). The van der Waals surface area contributed by atoms with Crippen molar-refractivity contribution in [1.82, 2.24) is 15.2 Å². The number of nitrogens with two attached hydrogens (primary N) is 1. The van der Waals surface area contributed by atoms with Crippen LogP contribution in [0.15, 0.2) is 42.4 Å². The third kappa shape index (κ3) is 6.45. The first kappa shape index (κ1) is 31.9. The van der Waals surface area contributed by atoms with Crippen molar-refractivity contribution >= 4 is 45.0 Å². The van der Waals surface area contributed by atoms with Crippen LogP contribution >= 0.6 is 21.6 Å². The molecule has 1 aromatic heterocycles. The van der Waals surface area contributed by atoms with E-state index in [1.807, 2.05) is 40.1 Å². The first-order chi connectivity index (χ1) is 21.8. The third-order valence-electron chi connectivity index (χ3n) is 10.2. The molecule has 1 aromatic carbocycles. The van der Waals surface area contributed by atoms with Crippen LogP contribution in [0.1, 0.15) is 105 Å². The van der Waals surface area contributed by atoms with Gasteiger partial charge in [-0.2, -0.15) is 0 Å². The fraction of sp³-hybridized carbons (Fsp3) is 0.514. The average molecular weight is 649 g/mol. The SMILES string of the molecule is CCC1CCC(=O)CC(=O)C2=Cc3cc(OC)c(O)cc3C(CC2)c2cnc(N)c(c2)C(C2(N3C=CNC3)CCCC2)SSC1. The second kappa shape index (κ2) is 13.7. The molecular weight excluding hydrogens is 605 g/mol. The number of carbonyl (C=O) groups excluding carboxylic acids is 2. The van der Waals surface area contributed by atoms with E-state index in [0.717, 1.165) is 60.4 Å². The molecular formula is C35H44N4O4S2. The molecule has 3 heterocycles. The largest absolute Gasteiger partial charge is 0.504 e. The smallest absolute Gasteiger partial charge is 0.166 e. The van der Waals surface area contributed by atoms with Gasteiger partial charge in [0, 0.05) is 42.3 Å². The Morgan fingerprint density at radius 2 is 1.98 bits per heavy atom. The van der Waals surface area contributed by atoms with Crippen molar-refractivity contribution in [2.45, 2.75) is 87.8 Å². The molecule has 240 valence electrons. The number of carbonyl (C=O) groups is 2. The molecule has 45 heavy (non-hydrogen) atoms. The van der Waals surface area contributed by atoms with Crippen LogP contribution in [0.25, 0.3) is 6.08 Å². The van der Waals surface area contributed by atoms with Gasteiger partial charge in [-0.15, -0.1) is 0 Å². The summed E-state index contributed by atoms with van der Waals surface area (Å²) in [7, 11) is 5.30. The Morgan fingerprint density at radius 1 is 1.16 bits per heavy atom.